The number of hydrogen-bond donors (Lipinski definition) is 1. The van der Waals surface area contributed by atoms with E-state index in [0.29, 0.717) is 18.2 Å². The molecule has 31 heavy (non-hydrogen) atoms. The van der Waals surface area contributed by atoms with E-state index >= 15 is 0 Å². The number of halogens is 1. The first-order chi connectivity index (χ1) is 15.2. The van der Waals surface area contributed by atoms with Gasteiger partial charge in [-0.3, -0.25) is 9.78 Å². The van der Waals surface area contributed by atoms with Gasteiger partial charge in [-0.1, -0.05) is 60.7 Å². The molecule has 0 radical (unpaired) electrons. The highest BCUT2D eigenvalue weighted by molar-refractivity contribution is 6.18. The number of nitrogens with one attached hydrogen (secondary N) is 1. The van der Waals surface area contributed by atoms with Gasteiger partial charge in [0.2, 0.25) is 5.91 Å². The summed E-state index contributed by atoms with van der Waals surface area (Å²) < 4.78 is 0. The number of aromatic nitrogens is 2. The highest BCUT2D eigenvalue weighted by Crippen LogP contribution is 2.31. The summed E-state index contributed by atoms with van der Waals surface area (Å²) in [6, 6.07) is 20.4. The maximum atomic E-state index is 11.7. The van der Waals surface area contributed by atoms with Crippen LogP contribution in [0.3, 0.4) is 0 Å². The third-order valence-corrected chi connectivity index (χ3v) is 5.89. The predicted octanol–water partition coefficient (Wildman–Crippen LogP) is 4.77. The van der Waals surface area contributed by atoms with Crippen LogP contribution in [0.5, 0.6) is 0 Å². The fraction of sp³-hybridized carbons (Fsp3) is 0.320. The van der Waals surface area contributed by atoms with Crippen molar-refractivity contribution in [3.63, 3.8) is 0 Å². The second-order valence-electron chi connectivity index (χ2n) is 7.83. The van der Waals surface area contributed by atoms with Crippen molar-refractivity contribution in [1.29, 1.82) is 0 Å². The summed E-state index contributed by atoms with van der Waals surface area (Å²) in [6.07, 6.45) is 4.30. The number of piperidine rings is 1. The lowest BCUT2D eigenvalue weighted by Crippen LogP contribution is -2.39. The third kappa shape index (κ3) is 5.42. The molecule has 1 fully saturated rings. The third-order valence-electron chi connectivity index (χ3n) is 5.70. The van der Waals surface area contributed by atoms with Crippen molar-refractivity contribution in [2.24, 2.45) is 5.92 Å². The molecule has 0 saturated carbocycles. The smallest absolute Gasteiger partial charge is 0.221 e. The molecule has 160 valence electrons. The van der Waals surface area contributed by atoms with Crippen LogP contribution in [0.25, 0.3) is 22.5 Å². The molecule has 2 aromatic carbocycles. The molecule has 1 N–H and O–H groups in total. The molecule has 1 amide bonds. The molecule has 0 bridgehead atoms. The first kappa shape index (κ1) is 21.3. The molecule has 6 heteroatoms. The van der Waals surface area contributed by atoms with Crippen molar-refractivity contribution >= 4 is 23.3 Å². The monoisotopic (exact) mass is 434 g/mol. The average molecular weight is 435 g/mol. The fourth-order valence-electron chi connectivity index (χ4n) is 3.94. The Kier molecular flexibility index (Phi) is 7.15. The Morgan fingerprint density at radius 2 is 1.58 bits per heavy atom. The zero-order valence-corrected chi connectivity index (χ0v) is 18.3. The molecule has 1 saturated heterocycles. The van der Waals surface area contributed by atoms with E-state index in [2.05, 4.69) is 34.5 Å². The second-order valence-corrected chi connectivity index (χ2v) is 8.21. The Balaban J connectivity index is 1.51. The van der Waals surface area contributed by atoms with Gasteiger partial charge in [0.15, 0.2) is 0 Å². The van der Waals surface area contributed by atoms with Crippen LogP contribution in [0.1, 0.15) is 19.3 Å². The van der Waals surface area contributed by atoms with Gasteiger partial charge in [0.1, 0.15) is 5.82 Å². The summed E-state index contributed by atoms with van der Waals surface area (Å²) >= 11 is 5.63. The summed E-state index contributed by atoms with van der Waals surface area (Å²) in [7, 11) is 0. The zero-order valence-electron chi connectivity index (χ0n) is 17.5. The van der Waals surface area contributed by atoms with Gasteiger partial charge in [-0.15, -0.1) is 11.6 Å². The number of carbonyl (C=O) groups excluding carboxylic acids is 1. The highest BCUT2D eigenvalue weighted by atomic mass is 35.5. The second kappa shape index (κ2) is 10.4. The first-order valence-electron chi connectivity index (χ1n) is 10.8. The lowest BCUT2D eigenvalue weighted by Gasteiger charge is -2.33. The van der Waals surface area contributed by atoms with Crippen LogP contribution >= 0.6 is 11.6 Å². The van der Waals surface area contributed by atoms with Gasteiger partial charge in [0.25, 0.3) is 0 Å². The largest absolute Gasteiger partial charge is 0.356 e. The van der Waals surface area contributed by atoms with Gasteiger partial charge in [0.05, 0.1) is 17.6 Å². The molecule has 0 atom stereocenters. The van der Waals surface area contributed by atoms with Crippen molar-refractivity contribution in [2.45, 2.75) is 19.3 Å². The number of anilines is 1. The number of benzene rings is 2. The molecule has 0 spiro atoms. The highest BCUT2D eigenvalue weighted by Gasteiger charge is 2.22. The Labute approximate surface area is 188 Å². The number of hydrogen-bond acceptors (Lipinski definition) is 4. The van der Waals surface area contributed by atoms with Crippen LogP contribution in [-0.4, -0.2) is 41.4 Å². The maximum Gasteiger partial charge on any atom is 0.221 e. The SMILES string of the molecule is O=C(CCCl)NCC1CCN(c2cnc(-c3ccccc3)c(-c3ccccc3)n2)CC1. The van der Waals surface area contributed by atoms with Crippen LogP contribution in [0.15, 0.2) is 66.9 Å². The van der Waals surface area contributed by atoms with E-state index in [-0.39, 0.29) is 5.91 Å². The van der Waals surface area contributed by atoms with E-state index in [0.717, 1.165) is 60.8 Å². The normalized spacial score (nSPS) is 14.4. The van der Waals surface area contributed by atoms with Crippen molar-refractivity contribution in [3.8, 4) is 22.5 Å². The molecule has 1 aliphatic heterocycles. The Morgan fingerprint density at radius 3 is 2.19 bits per heavy atom. The standard InChI is InChI=1S/C25H27ClN4O/c26-14-11-23(31)27-17-19-12-15-30(16-13-19)22-18-28-24(20-7-3-1-4-8-20)25(29-22)21-9-5-2-6-10-21/h1-10,18-19H,11-17H2,(H,27,31). The number of alkyl halides is 1. The van der Waals surface area contributed by atoms with Gasteiger partial charge in [-0.25, -0.2) is 4.98 Å². The van der Waals surface area contributed by atoms with Crippen LogP contribution in [0.4, 0.5) is 5.82 Å². The molecule has 0 aliphatic carbocycles. The van der Waals surface area contributed by atoms with E-state index < -0.39 is 0 Å². The molecule has 5 nitrogen and oxygen atoms in total. The number of amides is 1. The summed E-state index contributed by atoms with van der Waals surface area (Å²) in [4.78, 5) is 23.8. The summed E-state index contributed by atoms with van der Waals surface area (Å²) in [5, 5.41) is 2.99. The van der Waals surface area contributed by atoms with Gasteiger partial charge in [-0.05, 0) is 18.8 Å². The minimum absolute atomic E-state index is 0.0345. The lowest BCUT2D eigenvalue weighted by atomic mass is 9.96. The van der Waals surface area contributed by atoms with Crippen LogP contribution in [0.2, 0.25) is 0 Å². The lowest BCUT2D eigenvalue weighted by molar-refractivity contribution is -0.120. The van der Waals surface area contributed by atoms with Crippen LogP contribution in [0, 0.1) is 5.92 Å². The first-order valence-corrected chi connectivity index (χ1v) is 11.3. The van der Waals surface area contributed by atoms with Gasteiger partial charge < -0.3 is 10.2 Å². The van der Waals surface area contributed by atoms with Gasteiger partial charge >= 0.3 is 0 Å². The summed E-state index contributed by atoms with van der Waals surface area (Å²) in [5.41, 5.74) is 3.92. The molecule has 3 aromatic rings. The van der Waals surface area contributed by atoms with Gasteiger partial charge in [-0.2, -0.15) is 0 Å². The molecule has 1 aromatic heterocycles. The minimum atomic E-state index is 0.0345. The van der Waals surface area contributed by atoms with E-state index in [1.807, 2.05) is 42.6 Å². The van der Waals surface area contributed by atoms with Crippen molar-refractivity contribution in [1.82, 2.24) is 15.3 Å². The van der Waals surface area contributed by atoms with Gasteiger partial charge in [0, 0.05) is 43.1 Å². The van der Waals surface area contributed by atoms with Crippen LogP contribution < -0.4 is 10.2 Å². The summed E-state index contributed by atoms with van der Waals surface area (Å²) in [6.45, 7) is 2.53. The minimum Gasteiger partial charge on any atom is -0.356 e. The average Bonchev–Trinajstić information content (AvgIpc) is 2.84. The van der Waals surface area contributed by atoms with E-state index in [9.17, 15) is 4.79 Å². The summed E-state index contributed by atoms with van der Waals surface area (Å²) in [5.74, 6) is 1.79. The number of nitrogens with zero attached hydrogens (tertiary/aromatic N) is 3. The zero-order chi connectivity index (χ0) is 21.5. The quantitative estimate of drug-likeness (QED) is 0.544. The molecule has 1 aliphatic rings. The van der Waals surface area contributed by atoms with Crippen molar-refractivity contribution < 1.29 is 4.79 Å². The van der Waals surface area contributed by atoms with Crippen LogP contribution in [-0.2, 0) is 4.79 Å². The van der Waals surface area contributed by atoms with Crippen molar-refractivity contribution in [3.05, 3.63) is 66.9 Å². The molecule has 0 unspecified atom stereocenters. The molecular formula is C25H27ClN4O. The Hall–Kier alpha value is -2.92. The molecular weight excluding hydrogens is 408 g/mol. The molecule has 2 heterocycles. The number of rotatable bonds is 7. The topological polar surface area (TPSA) is 58.1 Å². The predicted molar refractivity (Wildman–Crippen MR) is 126 cm³/mol. The number of carbonyl (C=O) groups is 1. The maximum absolute atomic E-state index is 11.7. The van der Waals surface area contributed by atoms with E-state index in [4.69, 9.17) is 21.6 Å². The molecule has 4 rings (SSSR count). The van der Waals surface area contributed by atoms with Crippen molar-refractivity contribution in [2.75, 3.05) is 30.4 Å². The Morgan fingerprint density at radius 1 is 0.968 bits per heavy atom. The van der Waals surface area contributed by atoms with E-state index in [1.165, 1.54) is 0 Å². The Bertz CT molecular complexity index is 989. The fourth-order valence-corrected chi connectivity index (χ4v) is 4.11. The van der Waals surface area contributed by atoms with E-state index in [1.54, 1.807) is 0 Å².